The number of hydrogen-bond donors (Lipinski definition) is 3. The fourth-order valence-electron chi connectivity index (χ4n) is 5.21. The van der Waals surface area contributed by atoms with Crippen molar-refractivity contribution in [3.05, 3.63) is 72.1 Å². The number of aromatic nitrogens is 2. The third kappa shape index (κ3) is 6.71. The van der Waals surface area contributed by atoms with Crippen molar-refractivity contribution in [2.75, 3.05) is 29.2 Å². The van der Waals surface area contributed by atoms with Gasteiger partial charge >= 0.3 is 0 Å². The lowest BCUT2D eigenvalue weighted by molar-refractivity contribution is -0.131. The molecule has 0 spiro atoms. The van der Waals surface area contributed by atoms with Crippen LogP contribution >= 0.6 is 11.8 Å². The summed E-state index contributed by atoms with van der Waals surface area (Å²) in [6.07, 6.45) is 6.37. The van der Waals surface area contributed by atoms with E-state index in [2.05, 4.69) is 43.0 Å². The van der Waals surface area contributed by atoms with Crippen molar-refractivity contribution in [3.63, 3.8) is 0 Å². The highest BCUT2D eigenvalue weighted by Crippen LogP contribution is 2.26. The number of nitrogens with zero attached hydrogens (tertiary/aromatic N) is 3. The van der Waals surface area contributed by atoms with Gasteiger partial charge in [-0.05, 0) is 73.2 Å². The summed E-state index contributed by atoms with van der Waals surface area (Å²) in [5, 5.41) is 9.80. The molecule has 0 aliphatic carbocycles. The zero-order valence-corrected chi connectivity index (χ0v) is 22.5. The van der Waals surface area contributed by atoms with Crippen molar-refractivity contribution in [1.29, 1.82) is 0 Å². The van der Waals surface area contributed by atoms with Gasteiger partial charge in [-0.15, -0.1) is 0 Å². The van der Waals surface area contributed by atoms with E-state index in [0.29, 0.717) is 31.1 Å². The second kappa shape index (κ2) is 12.4. The van der Waals surface area contributed by atoms with Crippen molar-refractivity contribution in [1.82, 2.24) is 20.2 Å². The minimum atomic E-state index is -0.323. The van der Waals surface area contributed by atoms with Crippen LogP contribution in [0.4, 0.5) is 23.0 Å². The Morgan fingerprint density at radius 3 is 2.42 bits per heavy atom. The van der Waals surface area contributed by atoms with Crippen LogP contribution in [0.15, 0.2) is 60.9 Å². The van der Waals surface area contributed by atoms with Gasteiger partial charge in [0.1, 0.15) is 18.0 Å². The second-order valence-corrected chi connectivity index (χ2v) is 10.9. The van der Waals surface area contributed by atoms with Crippen molar-refractivity contribution < 1.29 is 9.59 Å². The van der Waals surface area contributed by atoms with Crippen LogP contribution < -0.4 is 16.0 Å². The molecule has 0 saturated carbocycles. The number of nitrogens with one attached hydrogen (secondary N) is 3. The molecule has 5 rings (SSSR count). The van der Waals surface area contributed by atoms with Crippen LogP contribution in [0, 0.1) is 5.92 Å². The van der Waals surface area contributed by atoms with Gasteiger partial charge in [0.05, 0.1) is 6.04 Å². The molecule has 1 saturated heterocycles. The maximum absolute atomic E-state index is 13.5. The monoisotopic (exact) mass is 530 g/mol. The molecular weight excluding hydrogens is 496 g/mol. The largest absolute Gasteiger partial charge is 0.352 e. The predicted octanol–water partition coefficient (Wildman–Crippen LogP) is 4.89. The fraction of sp³-hybridized carbons (Fsp3) is 0.379. The molecule has 0 radical (unpaired) electrons. The lowest BCUT2D eigenvalue weighted by Crippen LogP contribution is -2.39. The average molecular weight is 531 g/mol. The van der Waals surface area contributed by atoms with Crippen LogP contribution in [0.5, 0.6) is 0 Å². The molecule has 2 atom stereocenters. The molecule has 3 heterocycles. The first-order valence-corrected chi connectivity index (χ1v) is 14.5. The molecule has 0 unspecified atom stereocenters. The molecule has 198 valence electrons. The van der Waals surface area contributed by atoms with Gasteiger partial charge in [-0.3, -0.25) is 14.5 Å². The quantitative estimate of drug-likeness (QED) is 0.440. The molecule has 38 heavy (non-hydrogen) atoms. The molecule has 1 fully saturated rings. The van der Waals surface area contributed by atoms with Crippen molar-refractivity contribution in [2.45, 2.75) is 44.8 Å². The summed E-state index contributed by atoms with van der Waals surface area (Å²) in [5.74, 6) is 2.00. The van der Waals surface area contributed by atoms with E-state index in [0.717, 1.165) is 47.6 Å². The van der Waals surface area contributed by atoms with Gasteiger partial charge in [0.25, 0.3) is 0 Å². The lowest BCUT2D eigenvalue weighted by atomic mass is 9.94. The molecule has 6 bridgehead atoms. The highest BCUT2D eigenvalue weighted by atomic mass is 32.2. The Labute approximate surface area is 228 Å². The van der Waals surface area contributed by atoms with Gasteiger partial charge in [-0.2, -0.15) is 11.8 Å². The summed E-state index contributed by atoms with van der Waals surface area (Å²) in [6, 6.07) is 17.8. The van der Waals surface area contributed by atoms with E-state index in [1.54, 1.807) is 11.8 Å². The highest BCUT2D eigenvalue weighted by Gasteiger charge is 2.33. The molecule has 1 amide bonds. The average Bonchev–Trinajstić information content (AvgIpc) is 3.38. The molecule has 2 aliphatic heterocycles. The Balaban J connectivity index is 1.45. The first-order valence-electron chi connectivity index (χ1n) is 13.1. The van der Waals surface area contributed by atoms with Gasteiger partial charge in [0.2, 0.25) is 5.91 Å². The molecule has 3 N–H and O–H groups in total. The minimum absolute atomic E-state index is 0.0519. The third-order valence-electron chi connectivity index (χ3n) is 7.14. The summed E-state index contributed by atoms with van der Waals surface area (Å²) in [7, 11) is 0. The van der Waals surface area contributed by atoms with Crippen LogP contribution in [0.1, 0.15) is 36.8 Å². The summed E-state index contributed by atoms with van der Waals surface area (Å²) >= 11 is 1.71. The van der Waals surface area contributed by atoms with E-state index in [1.165, 1.54) is 6.33 Å². The Morgan fingerprint density at radius 1 is 0.974 bits per heavy atom. The van der Waals surface area contributed by atoms with Gasteiger partial charge in [0.15, 0.2) is 5.78 Å². The van der Waals surface area contributed by atoms with Crippen molar-refractivity contribution in [2.24, 2.45) is 5.92 Å². The van der Waals surface area contributed by atoms with Crippen LogP contribution in [-0.2, 0) is 22.7 Å². The molecule has 9 heteroatoms. The number of benzene rings is 2. The molecule has 3 aromatic rings. The summed E-state index contributed by atoms with van der Waals surface area (Å²) in [5.41, 5.74) is 3.90. The molecule has 2 aliphatic rings. The van der Waals surface area contributed by atoms with E-state index < -0.39 is 0 Å². The van der Waals surface area contributed by atoms with Gasteiger partial charge in [-0.25, -0.2) is 9.97 Å². The van der Waals surface area contributed by atoms with E-state index in [-0.39, 0.29) is 30.1 Å². The van der Waals surface area contributed by atoms with Crippen molar-refractivity contribution >= 4 is 46.5 Å². The fourth-order valence-corrected chi connectivity index (χ4v) is 5.73. The maximum Gasteiger partial charge on any atom is 0.223 e. The van der Waals surface area contributed by atoms with Gasteiger partial charge in [0, 0.05) is 42.9 Å². The Morgan fingerprint density at radius 2 is 1.68 bits per heavy atom. The van der Waals surface area contributed by atoms with E-state index >= 15 is 0 Å². The van der Waals surface area contributed by atoms with Crippen LogP contribution in [-0.4, -0.2) is 51.2 Å². The second-order valence-electron chi connectivity index (χ2n) is 9.93. The predicted molar refractivity (Wildman–Crippen MR) is 153 cm³/mol. The lowest BCUT2D eigenvalue weighted by Gasteiger charge is -2.25. The van der Waals surface area contributed by atoms with E-state index in [1.807, 2.05) is 48.7 Å². The number of rotatable bonds is 3. The van der Waals surface area contributed by atoms with E-state index in [9.17, 15) is 9.59 Å². The highest BCUT2D eigenvalue weighted by molar-refractivity contribution is 7.98. The maximum atomic E-state index is 13.5. The Bertz CT molecular complexity index is 1290. The third-order valence-corrected chi connectivity index (χ3v) is 7.79. The number of amides is 1. The molecule has 2 aromatic carbocycles. The molecule has 8 nitrogen and oxygen atoms in total. The normalized spacial score (nSPS) is 20.6. The van der Waals surface area contributed by atoms with Gasteiger partial charge in [-0.1, -0.05) is 24.3 Å². The molecular formula is C29H34N6O2S. The summed E-state index contributed by atoms with van der Waals surface area (Å²) < 4.78 is 0. The first kappa shape index (κ1) is 26.2. The van der Waals surface area contributed by atoms with Crippen molar-refractivity contribution in [3.8, 4) is 0 Å². The summed E-state index contributed by atoms with van der Waals surface area (Å²) in [4.78, 5) is 37.7. The topological polar surface area (TPSA) is 99.2 Å². The zero-order valence-electron chi connectivity index (χ0n) is 21.7. The van der Waals surface area contributed by atoms with Crippen LogP contribution in [0.3, 0.4) is 0 Å². The number of carbonyl (C=O) groups excluding carboxylic acids is 2. The Hall–Kier alpha value is -3.43. The summed E-state index contributed by atoms with van der Waals surface area (Å²) in [6.45, 7) is 1.98. The standard InChI is InChI=1S/C29H34N6O2S/c1-38-12-10-22-15-26(36)25-9-4-11-35(25)18-21-6-3-8-24(14-21)34-28-16-27(31-19-32-28)33-23-7-2-5-20(13-23)17-30-29(22)37/h2-3,5-8,13-14,16,19,22,25H,4,9-12,15,17-18H2,1H3,(H,30,37)(H2,31,32,33,34)/t22-,25+/m1/s1. The Kier molecular flexibility index (Phi) is 8.55. The van der Waals surface area contributed by atoms with Crippen LogP contribution in [0.2, 0.25) is 0 Å². The first-order chi connectivity index (χ1) is 18.6. The van der Waals surface area contributed by atoms with E-state index in [4.69, 9.17) is 0 Å². The smallest absolute Gasteiger partial charge is 0.223 e. The van der Waals surface area contributed by atoms with Crippen LogP contribution in [0.25, 0.3) is 0 Å². The SMILES string of the molecule is CSCC[C@@H]1CC(=O)[C@@H]2CCCN2Cc2cccc(c2)Nc2cc(ncn2)Nc2cccc(c2)CNC1=O. The number of ketones is 1. The number of Topliss-reactive ketones (excluding diaryl/α,β-unsaturated/α-hetero) is 1. The number of hydrogen-bond acceptors (Lipinski definition) is 8. The van der Waals surface area contributed by atoms with Gasteiger partial charge < -0.3 is 16.0 Å². The zero-order chi connectivity index (χ0) is 26.3. The molecule has 1 aromatic heterocycles. The minimum Gasteiger partial charge on any atom is -0.352 e. The number of thioether (sulfide) groups is 1. The number of anilines is 4. The number of fused-ring (bicyclic) bond motifs is 7. The number of carbonyl (C=O) groups is 2.